The molecule has 112 valence electrons. The molecule has 2 N–H and O–H groups in total. The highest BCUT2D eigenvalue weighted by molar-refractivity contribution is 9.10. The average Bonchev–Trinajstić information content (AvgIpc) is 2.40. The minimum atomic E-state index is -4.46. The number of alkyl halides is 3. The van der Waals surface area contributed by atoms with Crippen molar-refractivity contribution in [2.45, 2.75) is 12.8 Å². The SMILES string of the molecule is Nc1cc(C(F)(F)F)ccc1OCc1cccc(F)c1Br. The molecule has 2 aromatic rings. The van der Waals surface area contributed by atoms with Gasteiger partial charge in [-0.3, -0.25) is 0 Å². The van der Waals surface area contributed by atoms with Crippen LogP contribution in [0.1, 0.15) is 11.1 Å². The van der Waals surface area contributed by atoms with Gasteiger partial charge in [-0.1, -0.05) is 12.1 Å². The molecule has 2 rings (SSSR count). The number of nitrogens with two attached hydrogens (primary N) is 1. The number of rotatable bonds is 3. The molecule has 0 atom stereocenters. The van der Waals surface area contributed by atoms with Crippen molar-refractivity contribution in [1.82, 2.24) is 0 Å². The zero-order valence-corrected chi connectivity index (χ0v) is 12.1. The molecule has 0 amide bonds. The first-order chi connectivity index (χ1) is 9.79. The van der Waals surface area contributed by atoms with Crippen molar-refractivity contribution >= 4 is 21.6 Å². The molecule has 2 aromatic carbocycles. The fourth-order valence-electron chi connectivity index (χ4n) is 1.67. The van der Waals surface area contributed by atoms with Gasteiger partial charge in [-0.2, -0.15) is 13.2 Å². The molecule has 0 radical (unpaired) electrons. The van der Waals surface area contributed by atoms with Crippen molar-refractivity contribution in [2.75, 3.05) is 5.73 Å². The molecule has 0 spiro atoms. The monoisotopic (exact) mass is 363 g/mol. The molecule has 0 saturated carbocycles. The van der Waals surface area contributed by atoms with Crippen LogP contribution in [0, 0.1) is 5.82 Å². The van der Waals surface area contributed by atoms with Crippen LogP contribution in [0.15, 0.2) is 40.9 Å². The Kier molecular flexibility index (Phi) is 4.41. The second-order valence-corrected chi connectivity index (χ2v) is 5.04. The Hall–Kier alpha value is -1.76. The highest BCUT2D eigenvalue weighted by atomic mass is 79.9. The topological polar surface area (TPSA) is 35.2 Å². The van der Waals surface area contributed by atoms with Crippen LogP contribution in [-0.2, 0) is 12.8 Å². The summed E-state index contributed by atoms with van der Waals surface area (Å²) in [4.78, 5) is 0. The van der Waals surface area contributed by atoms with E-state index >= 15 is 0 Å². The number of hydrogen-bond acceptors (Lipinski definition) is 2. The number of halogens is 5. The average molecular weight is 364 g/mol. The Morgan fingerprint density at radius 2 is 1.86 bits per heavy atom. The summed E-state index contributed by atoms with van der Waals surface area (Å²) in [6.45, 7) is -0.0199. The fraction of sp³-hybridized carbons (Fsp3) is 0.143. The third kappa shape index (κ3) is 3.66. The van der Waals surface area contributed by atoms with E-state index in [4.69, 9.17) is 10.5 Å². The molecule has 0 unspecified atom stereocenters. The molecule has 0 aromatic heterocycles. The second kappa shape index (κ2) is 5.93. The maximum atomic E-state index is 13.3. The lowest BCUT2D eigenvalue weighted by atomic mass is 10.2. The van der Waals surface area contributed by atoms with E-state index in [0.717, 1.165) is 18.2 Å². The van der Waals surface area contributed by atoms with Crippen molar-refractivity contribution < 1.29 is 22.3 Å². The minimum Gasteiger partial charge on any atom is -0.487 e. The van der Waals surface area contributed by atoms with Crippen molar-refractivity contribution in [1.29, 1.82) is 0 Å². The smallest absolute Gasteiger partial charge is 0.416 e. The van der Waals surface area contributed by atoms with E-state index in [2.05, 4.69) is 15.9 Å². The summed E-state index contributed by atoms with van der Waals surface area (Å²) in [6, 6.07) is 7.25. The summed E-state index contributed by atoms with van der Waals surface area (Å²) in [7, 11) is 0. The summed E-state index contributed by atoms with van der Waals surface area (Å²) in [5, 5.41) is 0. The van der Waals surface area contributed by atoms with Crippen LogP contribution < -0.4 is 10.5 Å². The number of anilines is 1. The van der Waals surface area contributed by atoms with Gasteiger partial charge >= 0.3 is 6.18 Å². The Balaban J connectivity index is 2.16. The summed E-state index contributed by atoms with van der Waals surface area (Å²) < 4.78 is 56.4. The lowest BCUT2D eigenvalue weighted by Crippen LogP contribution is -2.07. The molecular weight excluding hydrogens is 354 g/mol. The maximum absolute atomic E-state index is 13.3. The molecule has 7 heteroatoms. The number of nitrogen functional groups attached to an aromatic ring is 1. The van der Waals surface area contributed by atoms with Gasteiger partial charge in [0.1, 0.15) is 18.2 Å². The Morgan fingerprint density at radius 1 is 1.14 bits per heavy atom. The van der Waals surface area contributed by atoms with E-state index in [9.17, 15) is 17.6 Å². The predicted molar refractivity (Wildman–Crippen MR) is 74.3 cm³/mol. The number of ether oxygens (including phenoxy) is 1. The molecule has 0 aliphatic heterocycles. The van der Waals surface area contributed by atoms with E-state index in [1.165, 1.54) is 12.1 Å². The Bertz CT molecular complexity index is 658. The van der Waals surface area contributed by atoms with Crippen LogP contribution in [0.25, 0.3) is 0 Å². The Labute approximate surface area is 126 Å². The number of hydrogen-bond donors (Lipinski definition) is 1. The van der Waals surface area contributed by atoms with Crippen molar-refractivity contribution in [3.8, 4) is 5.75 Å². The maximum Gasteiger partial charge on any atom is 0.416 e. The molecule has 21 heavy (non-hydrogen) atoms. The summed E-state index contributed by atoms with van der Waals surface area (Å²) in [6.07, 6.45) is -4.46. The van der Waals surface area contributed by atoms with Crippen molar-refractivity contribution in [3.63, 3.8) is 0 Å². The van der Waals surface area contributed by atoms with Gasteiger partial charge in [0.05, 0.1) is 15.7 Å². The van der Waals surface area contributed by atoms with Crippen LogP contribution in [0.2, 0.25) is 0 Å². The summed E-state index contributed by atoms with van der Waals surface area (Å²) >= 11 is 3.07. The van der Waals surface area contributed by atoms with Gasteiger partial charge in [0.25, 0.3) is 0 Å². The first-order valence-corrected chi connectivity index (χ1v) is 6.60. The summed E-state index contributed by atoms with van der Waals surface area (Å²) in [5.41, 5.74) is 5.09. The lowest BCUT2D eigenvalue weighted by molar-refractivity contribution is -0.137. The highest BCUT2D eigenvalue weighted by Crippen LogP contribution is 2.34. The Morgan fingerprint density at radius 3 is 2.48 bits per heavy atom. The predicted octanol–water partition coefficient (Wildman–Crippen LogP) is 4.77. The van der Waals surface area contributed by atoms with Gasteiger partial charge in [0.15, 0.2) is 0 Å². The van der Waals surface area contributed by atoms with E-state index in [1.54, 1.807) is 6.07 Å². The van der Waals surface area contributed by atoms with Gasteiger partial charge in [0, 0.05) is 5.56 Å². The largest absolute Gasteiger partial charge is 0.487 e. The molecular formula is C14H10BrF4NO. The second-order valence-electron chi connectivity index (χ2n) is 4.25. The summed E-state index contributed by atoms with van der Waals surface area (Å²) in [5.74, 6) is -0.337. The van der Waals surface area contributed by atoms with Crippen LogP contribution in [0.5, 0.6) is 5.75 Å². The van der Waals surface area contributed by atoms with E-state index in [1.807, 2.05) is 0 Å². The van der Waals surface area contributed by atoms with Crippen molar-refractivity contribution in [3.05, 3.63) is 57.8 Å². The quantitative estimate of drug-likeness (QED) is 0.629. The molecule has 0 aliphatic rings. The highest BCUT2D eigenvalue weighted by Gasteiger charge is 2.30. The fourth-order valence-corrected chi connectivity index (χ4v) is 2.05. The lowest BCUT2D eigenvalue weighted by Gasteiger charge is -2.13. The molecule has 0 fully saturated rings. The van der Waals surface area contributed by atoms with Crippen molar-refractivity contribution in [2.24, 2.45) is 0 Å². The first-order valence-electron chi connectivity index (χ1n) is 5.81. The molecule has 0 saturated heterocycles. The molecule has 0 heterocycles. The van der Waals surface area contributed by atoms with Gasteiger partial charge in [-0.05, 0) is 40.2 Å². The molecule has 0 bridgehead atoms. The van der Waals surface area contributed by atoms with Gasteiger partial charge in [-0.25, -0.2) is 4.39 Å². The minimum absolute atomic E-state index is 0.0199. The third-order valence-corrected chi connectivity index (χ3v) is 3.64. The molecule has 2 nitrogen and oxygen atoms in total. The van der Waals surface area contributed by atoms with Gasteiger partial charge < -0.3 is 10.5 Å². The zero-order chi connectivity index (χ0) is 15.6. The standard InChI is InChI=1S/C14H10BrF4NO/c15-13-8(2-1-3-10(13)16)7-21-12-5-4-9(6-11(12)20)14(17,18)19/h1-6H,7,20H2. The van der Waals surface area contributed by atoms with Crippen LogP contribution in [0.4, 0.5) is 23.2 Å². The van der Waals surface area contributed by atoms with Crippen LogP contribution >= 0.6 is 15.9 Å². The van der Waals surface area contributed by atoms with Crippen LogP contribution in [-0.4, -0.2) is 0 Å². The number of benzene rings is 2. The van der Waals surface area contributed by atoms with E-state index in [0.29, 0.717) is 5.56 Å². The van der Waals surface area contributed by atoms with Gasteiger partial charge in [0.2, 0.25) is 0 Å². The third-order valence-electron chi connectivity index (χ3n) is 2.75. The van der Waals surface area contributed by atoms with E-state index < -0.39 is 17.6 Å². The van der Waals surface area contributed by atoms with Crippen LogP contribution in [0.3, 0.4) is 0 Å². The normalized spacial score (nSPS) is 11.5. The molecule has 0 aliphatic carbocycles. The first kappa shape index (κ1) is 15.6. The van der Waals surface area contributed by atoms with Gasteiger partial charge in [-0.15, -0.1) is 0 Å². The van der Waals surface area contributed by atoms with E-state index in [-0.39, 0.29) is 22.5 Å². The zero-order valence-electron chi connectivity index (χ0n) is 10.5.